The lowest BCUT2D eigenvalue weighted by Gasteiger charge is -2.15. The van der Waals surface area contributed by atoms with Gasteiger partial charge in [0.15, 0.2) is 5.03 Å². The molecule has 0 saturated heterocycles. The number of rotatable bonds is 6. The first kappa shape index (κ1) is 15.1. The Labute approximate surface area is 109 Å². The lowest BCUT2D eigenvalue weighted by Crippen LogP contribution is -2.29. The molecule has 7 heteroatoms. The zero-order chi connectivity index (χ0) is 13.9. The molecule has 18 heavy (non-hydrogen) atoms. The van der Waals surface area contributed by atoms with Gasteiger partial charge in [-0.3, -0.25) is 5.10 Å². The van der Waals surface area contributed by atoms with Gasteiger partial charge in [-0.1, -0.05) is 20.8 Å². The Hall–Kier alpha value is -0.920. The lowest BCUT2D eigenvalue weighted by atomic mass is 10.2. The number of aromatic nitrogens is 2. The first-order valence-electron chi connectivity index (χ1n) is 6.04. The summed E-state index contributed by atoms with van der Waals surface area (Å²) in [6.45, 7) is 8.57. The highest BCUT2D eigenvalue weighted by Gasteiger charge is 2.27. The van der Waals surface area contributed by atoms with Crippen LogP contribution in [0.1, 0.15) is 32.0 Å². The monoisotopic (exact) mass is 274 g/mol. The van der Waals surface area contributed by atoms with Crippen LogP contribution in [0.2, 0.25) is 0 Å². The highest BCUT2D eigenvalue weighted by molar-refractivity contribution is 7.89. The fraction of sp³-hybridized carbons (Fsp3) is 0.727. The summed E-state index contributed by atoms with van der Waals surface area (Å²) in [6.07, 6.45) is 0. The van der Waals surface area contributed by atoms with Crippen LogP contribution in [0.3, 0.4) is 0 Å². The normalized spacial score (nSPS) is 12.6. The predicted molar refractivity (Wildman–Crippen MR) is 70.8 cm³/mol. The second kappa shape index (κ2) is 5.81. The van der Waals surface area contributed by atoms with Crippen LogP contribution >= 0.6 is 0 Å². The minimum absolute atomic E-state index is 0.123. The number of nitrogens with one attached hydrogen (secondary N) is 2. The summed E-state index contributed by atoms with van der Waals surface area (Å²) in [7, 11) is -1.94. The van der Waals surface area contributed by atoms with Crippen LogP contribution in [0.4, 0.5) is 0 Å². The fourth-order valence-corrected chi connectivity index (χ4v) is 2.81. The average molecular weight is 274 g/mol. The molecule has 0 spiro atoms. The molecular weight excluding hydrogens is 252 g/mol. The minimum atomic E-state index is -3.50. The molecule has 1 aromatic heterocycles. The molecule has 0 aliphatic carbocycles. The molecule has 0 unspecified atom stereocenters. The Morgan fingerprint density at radius 2 is 2.06 bits per heavy atom. The third-order valence-electron chi connectivity index (χ3n) is 2.82. The number of aryl methyl sites for hydroxylation is 1. The van der Waals surface area contributed by atoms with E-state index in [9.17, 15) is 8.42 Å². The smallest absolute Gasteiger partial charge is 0.262 e. The van der Waals surface area contributed by atoms with Crippen molar-refractivity contribution in [1.29, 1.82) is 0 Å². The van der Waals surface area contributed by atoms with E-state index in [-0.39, 0.29) is 5.03 Å². The van der Waals surface area contributed by atoms with Crippen LogP contribution in [-0.2, 0) is 16.6 Å². The largest absolute Gasteiger partial charge is 0.310 e. The topological polar surface area (TPSA) is 78.1 Å². The Morgan fingerprint density at radius 3 is 2.56 bits per heavy atom. The van der Waals surface area contributed by atoms with E-state index in [1.165, 1.54) is 4.31 Å². The molecule has 104 valence electrons. The maximum absolute atomic E-state index is 12.3. The Morgan fingerprint density at radius 1 is 1.44 bits per heavy atom. The van der Waals surface area contributed by atoms with Crippen molar-refractivity contribution in [3.05, 3.63) is 11.3 Å². The first-order chi connectivity index (χ1) is 8.30. The number of nitrogens with zero attached hydrogens (tertiary/aromatic N) is 2. The van der Waals surface area contributed by atoms with E-state index in [0.717, 1.165) is 5.69 Å². The van der Waals surface area contributed by atoms with E-state index in [1.807, 2.05) is 20.8 Å². The molecular formula is C11H22N4O2S. The van der Waals surface area contributed by atoms with Gasteiger partial charge in [0.25, 0.3) is 10.0 Å². The van der Waals surface area contributed by atoms with Gasteiger partial charge in [-0.15, -0.1) is 0 Å². The molecule has 1 aromatic rings. The van der Waals surface area contributed by atoms with Crippen molar-refractivity contribution in [3.63, 3.8) is 0 Å². The van der Waals surface area contributed by atoms with Gasteiger partial charge in [0.2, 0.25) is 0 Å². The molecule has 0 radical (unpaired) electrons. The molecule has 0 aliphatic rings. The highest BCUT2D eigenvalue weighted by Crippen LogP contribution is 2.19. The molecule has 0 aromatic carbocycles. The van der Waals surface area contributed by atoms with Gasteiger partial charge < -0.3 is 5.32 Å². The molecule has 6 nitrogen and oxygen atoms in total. The molecule has 2 N–H and O–H groups in total. The maximum Gasteiger partial charge on any atom is 0.262 e. The summed E-state index contributed by atoms with van der Waals surface area (Å²) >= 11 is 0. The van der Waals surface area contributed by atoms with Crippen molar-refractivity contribution in [2.75, 3.05) is 13.6 Å². The van der Waals surface area contributed by atoms with Crippen molar-refractivity contribution in [2.24, 2.45) is 0 Å². The van der Waals surface area contributed by atoms with Crippen molar-refractivity contribution >= 4 is 10.0 Å². The second-order valence-electron chi connectivity index (χ2n) is 4.59. The average Bonchev–Trinajstić information content (AvgIpc) is 2.67. The van der Waals surface area contributed by atoms with Crippen molar-refractivity contribution in [1.82, 2.24) is 19.8 Å². The number of H-pyrrole nitrogens is 1. The van der Waals surface area contributed by atoms with E-state index in [2.05, 4.69) is 15.5 Å². The van der Waals surface area contributed by atoms with Crippen molar-refractivity contribution in [3.8, 4) is 0 Å². The summed E-state index contributed by atoms with van der Waals surface area (Å²) < 4.78 is 25.8. The first-order valence-corrected chi connectivity index (χ1v) is 7.48. The minimum Gasteiger partial charge on any atom is -0.310 e. The van der Waals surface area contributed by atoms with Crippen LogP contribution in [0.25, 0.3) is 0 Å². The molecule has 0 saturated carbocycles. The van der Waals surface area contributed by atoms with Gasteiger partial charge in [0.1, 0.15) is 0 Å². The predicted octanol–water partition coefficient (Wildman–Crippen LogP) is 0.857. The molecule has 0 bridgehead atoms. The van der Waals surface area contributed by atoms with E-state index < -0.39 is 10.0 Å². The quantitative estimate of drug-likeness (QED) is 0.806. The van der Waals surface area contributed by atoms with Crippen LogP contribution in [0.15, 0.2) is 5.03 Å². The summed E-state index contributed by atoms with van der Waals surface area (Å²) in [5.74, 6) is 0. The van der Waals surface area contributed by atoms with Crippen LogP contribution in [0.5, 0.6) is 0 Å². The third-order valence-corrected chi connectivity index (χ3v) is 4.73. The van der Waals surface area contributed by atoms with Gasteiger partial charge in [0.05, 0.1) is 0 Å². The van der Waals surface area contributed by atoms with Crippen molar-refractivity contribution < 1.29 is 8.42 Å². The zero-order valence-corrected chi connectivity index (χ0v) is 12.4. The van der Waals surface area contributed by atoms with Gasteiger partial charge in [-0.25, -0.2) is 8.42 Å². The van der Waals surface area contributed by atoms with E-state index in [0.29, 0.717) is 24.7 Å². The van der Waals surface area contributed by atoms with Crippen LogP contribution in [0, 0.1) is 6.92 Å². The SMILES string of the molecule is CCN(C)S(=O)(=O)c1n[nH]c(C)c1CNC(C)C. The number of hydrogen-bond acceptors (Lipinski definition) is 4. The second-order valence-corrected chi connectivity index (χ2v) is 6.55. The van der Waals surface area contributed by atoms with Gasteiger partial charge >= 0.3 is 0 Å². The molecule has 1 heterocycles. The van der Waals surface area contributed by atoms with E-state index in [4.69, 9.17) is 0 Å². The van der Waals surface area contributed by atoms with Crippen LogP contribution in [-0.4, -0.2) is 42.6 Å². The number of hydrogen-bond donors (Lipinski definition) is 2. The standard InChI is InChI=1S/C11H22N4O2S/c1-6-15(5)18(16,17)11-10(7-12-8(2)3)9(4)13-14-11/h8,12H,6-7H2,1-5H3,(H,13,14). The Bertz CT molecular complexity index is 493. The summed E-state index contributed by atoms with van der Waals surface area (Å²) in [5.41, 5.74) is 1.50. The highest BCUT2D eigenvalue weighted by atomic mass is 32.2. The lowest BCUT2D eigenvalue weighted by molar-refractivity contribution is 0.480. The molecule has 0 amide bonds. The molecule has 0 fully saturated rings. The summed E-state index contributed by atoms with van der Waals surface area (Å²) in [6, 6.07) is 0.291. The van der Waals surface area contributed by atoms with Crippen molar-refractivity contribution in [2.45, 2.75) is 45.3 Å². The molecule has 0 atom stereocenters. The maximum atomic E-state index is 12.3. The fourth-order valence-electron chi connectivity index (χ4n) is 1.48. The van der Waals surface area contributed by atoms with Gasteiger partial charge in [-0.05, 0) is 6.92 Å². The Kier molecular flexibility index (Phi) is 4.89. The third kappa shape index (κ3) is 3.09. The Balaban J connectivity index is 3.11. The summed E-state index contributed by atoms with van der Waals surface area (Å²) in [4.78, 5) is 0. The summed E-state index contributed by atoms with van der Waals surface area (Å²) in [5, 5.41) is 10.0. The number of aromatic amines is 1. The molecule has 1 rings (SSSR count). The zero-order valence-electron chi connectivity index (χ0n) is 11.6. The number of sulfonamides is 1. The van der Waals surface area contributed by atoms with Crippen LogP contribution < -0.4 is 5.32 Å². The van der Waals surface area contributed by atoms with Gasteiger partial charge in [-0.2, -0.15) is 9.40 Å². The van der Waals surface area contributed by atoms with Gasteiger partial charge in [0, 0.05) is 37.4 Å². The van der Waals surface area contributed by atoms with E-state index >= 15 is 0 Å². The van der Waals surface area contributed by atoms with E-state index in [1.54, 1.807) is 14.0 Å². The molecule has 0 aliphatic heterocycles.